The van der Waals surface area contributed by atoms with E-state index in [2.05, 4.69) is 9.88 Å². The Bertz CT molecular complexity index is 769. The molecule has 0 aliphatic carbocycles. The van der Waals surface area contributed by atoms with E-state index in [9.17, 15) is 5.11 Å². The van der Waals surface area contributed by atoms with Crippen molar-refractivity contribution in [2.45, 2.75) is 20.1 Å². The zero-order valence-corrected chi connectivity index (χ0v) is 12.9. The largest absolute Gasteiger partial charge is 0.392 e. The van der Waals surface area contributed by atoms with Crippen LogP contribution in [-0.4, -0.2) is 22.1 Å². The van der Waals surface area contributed by atoms with Gasteiger partial charge in [0.05, 0.1) is 29.9 Å². The Labute approximate surface area is 127 Å². The Morgan fingerprint density at radius 3 is 2.81 bits per heavy atom. The molecule has 0 saturated heterocycles. The Balaban J connectivity index is 2.00. The molecular weight excluding hydrogens is 282 g/mol. The average Bonchev–Trinajstić information content (AvgIpc) is 2.91. The number of rotatable bonds is 4. The first-order valence-electron chi connectivity index (χ1n) is 6.78. The lowest BCUT2D eigenvalue weighted by molar-refractivity contribution is 0.282. The topological polar surface area (TPSA) is 49.2 Å². The van der Waals surface area contributed by atoms with E-state index in [4.69, 9.17) is 4.98 Å². The minimum absolute atomic E-state index is 0.0147. The fraction of sp³-hybridized carbons (Fsp3) is 0.250. The van der Waals surface area contributed by atoms with E-state index in [-0.39, 0.29) is 6.61 Å². The number of aryl methyl sites for hydroxylation is 1. The maximum atomic E-state index is 9.63. The van der Waals surface area contributed by atoms with E-state index in [0.29, 0.717) is 0 Å². The summed E-state index contributed by atoms with van der Waals surface area (Å²) in [6, 6.07) is 9.97. The third-order valence-corrected chi connectivity index (χ3v) is 4.46. The van der Waals surface area contributed by atoms with Crippen LogP contribution in [0, 0.1) is 6.92 Å². The summed E-state index contributed by atoms with van der Waals surface area (Å²) in [4.78, 5) is 12.3. The molecule has 3 aromatic rings. The van der Waals surface area contributed by atoms with Crippen LogP contribution in [0.2, 0.25) is 0 Å². The molecule has 0 bridgehead atoms. The van der Waals surface area contributed by atoms with Gasteiger partial charge in [0, 0.05) is 22.9 Å². The molecule has 4 nitrogen and oxygen atoms in total. The molecule has 2 aromatic heterocycles. The number of pyridine rings is 1. The fourth-order valence-electron chi connectivity index (χ4n) is 2.36. The number of hydrogen-bond donors (Lipinski definition) is 1. The standard InChI is InChI=1S/C16H17N3OS/c1-11-15(21-10-17-11)8-19(2)16-13(9-20)7-12-5-3-4-6-14(12)18-16/h3-7,10,20H,8-9H2,1-2H3. The van der Waals surface area contributed by atoms with E-state index in [1.165, 1.54) is 4.88 Å². The molecule has 0 aliphatic heterocycles. The molecule has 0 aliphatic rings. The molecule has 0 spiro atoms. The molecule has 0 saturated carbocycles. The molecule has 0 fully saturated rings. The highest BCUT2D eigenvalue weighted by molar-refractivity contribution is 7.09. The Hall–Kier alpha value is -1.98. The summed E-state index contributed by atoms with van der Waals surface area (Å²) in [6.45, 7) is 2.74. The molecule has 2 heterocycles. The first kappa shape index (κ1) is 14.0. The zero-order valence-electron chi connectivity index (χ0n) is 12.1. The minimum Gasteiger partial charge on any atom is -0.392 e. The Morgan fingerprint density at radius 2 is 2.10 bits per heavy atom. The monoisotopic (exact) mass is 299 g/mol. The number of benzene rings is 1. The van der Waals surface area contributed by atoms with Gasteiger partial charge >= 0.3 is 0 Å². The molecule has 0 atom stereocenters. The predicted octanol–water partition coefficient (Wildman–Crippen LogP) is 3.13. The highest BCUT2D eigenvalue weighted by atomic mass is 32.1. The minimum atomic E-state index is -0.0147. The lowest BCUT2D eigenvalue weighted by atomic mass is 10.1. The number of hydrogen-bond acceptors (Lipinski definition) is 5. The lowest BCUT2D eigenvalue weighted by Gasteiger charge is -2.21. The van der Waals surface area contributed by atoms with Crippen LogP contribution in [0.1, 0.15) is 16.1 Å². The van der Waals surface area contributed by atoms with Crippen molar-refractivity contribution in [3.63, 3.8) is 0 Å². The summed E-state index contributed by atoms with van der Waals surface area (Å²) >= 11 is 1.65. The van der Waals surface area contributed by atoms with Gasteiger partial charge in [-0.25, -0.2) is 9.97 Å². The van der Waals surface area contributed by atoms with E-state index >= 15 is 0 Å². The second kappa shape index (κ2) is 5.79. The normalized spacial score (nSPS) is 11.0. The van der Waals surface area contributed by atoms with Gasteiger partial charge in [0.2, 0.25) is 0 Å². The van der Waals surface area contributed by atoms with Crippen molar-refractivity contribution < 1.29 is 5.11 Å². The quantitative estimate of drug-likeness (QED) is 0.804. The van der Waals surface area contributed by atoms with E-state index in [1.807, 2.05) is 49.8 Å². The first-order valence-corrected chi connectivity index (χ1v) is 7.66. The molecule has 1 N–H and O–H groups in total. The van der Waals surface area contributed by atoms with Gasteiger partial charge in [0.1, 0.15) is 5.82 Å². The van der Waals surface area contributed by atoms with Crippen molar-refractivity contribution in [1.29, 1.82) is 0 Å². The molecule has 0 radical (unpaired) electrons. The molecule has 5 heteroatoms. The molecule has 0 unspecified atom stereocenters. The number of fused-ring (bicyclic) bond motifs is 1. The van der Waals surface area contributed by atoms with Crippen LogP contribution >= 0.6 is 11.3 Å². The summed E-state index contributed by atoms with van der Waals surface area (Å²) in [5.74, 6) is 0.823. The zero-order chi connectivity index (χ0) is 14.8. The van der Waals surface area contributed by atoms with Crippen molar-refractivity contribution in [1.82, 2.24) is 9.97 Å². The molecule has 0 amide bonds. The smallest absolute Gasteiger partial charge is 0.134 e. The predicted molar refractivity (Wildman–Crippen MR) is 86.6 cm³/mol. The van der Waals surface area contributed by atoms with Crippen LogP contribution in [0.15, 0.2) is 35.8 Å². The van der Waals surface area contributed by atoms with Crippen molar-refractivity contribution >= 4 is 28.1 Å². The summed E-state index contributed by atoms with van der Waals surface area (Å²) in [5, 5.41) is 10.7. The number of aromatic nitrogens is 2. The third kappa shape index (κ3) is 2.75. The molecule has 1 aromatic carbocycles. The number of nitrogens with zero attached hydrogens (tertiary/aromatic N) is 3. The van der Waals surface area contributed by atoms with Gasteiger partial charge < -0.3 is 10.0 Å². The number of para-hydroxylation sites is 1. The van der Waals surface area contributed by atoms with Crippen molar-refractivity contribution in [2.75, 3.05) is 11.9 Å². The fourth-order valence-corrected chi connectivity index (χ4v) is 3.19. The maximum Gasteiger partial charge on any atom is 0.134 e. The van der Waals surface area contributed by atoms with Crippen LogP contribution in [0.5, 0.6) is 0 Å². The third-order valence-electron chi connectivity index (χ3n) is 3.54. The molecule has 3 rings (SSSR count). The number of thiazole rings is 1. The number of aliphatic hydroxyl groups is 1. The Morgan fingerprint density at radius 1 is 1.29 bits per heavy atom. The van der Waals surface area contributed by atoms with E-state index in [1.54, 1.807) is 11.3 Å². The summed E-state index contributed by atoms with van der Waals surface area (Å²) in [7, 11) is 2.00. The molecular formula is C16H17N3OS. The number of anilines is 1. The second-order valence-corrected chi connectivity index (χ2v) is 5.98. The summed E-state index contributed by atoms with van der Waals surface area (Å²) in [5.41, 5.74) is 4.70. The Kier molecular flexibility index (Phi) is 3.86. The van der Waals surface area contributed by atoms with Crippen LogP contribution < -0.4 is 4.90 Å². The van der Waals surface area contributed by atoms with Gasteiger partial charge in [-0.15, -0.1) is 11.3 Å². The average molecular weight is 299 g/mol. The van der Waals surface area contributed by atoms with Gasteiger partial charge in [0.15, 0.2) is 0 Å². The van der Waals surface area contributed by atoms with Crippen LogP contribution in [0.3, 0.4) is 0 Å². The van der Waals surface area contributed by atoms with Crippen LogP contribution in [-0.2, 0) is 13.2 Å². The molecule has 21 heavy (non-hydrogen) atoms. The van der Waals surface area contributed by atoms with E-state index in [0.717, 1.165) is 34.5 Å². The van der Waals surface area contributed by atoms with Crippen molar-refractivity contribution in [2.24, 2.45) is 0 Å². The second-order valence-electron chi connectivity index (χ2n) is 5.04. The summed E-state index contributed by atoms with van der Waals surface area (Å²) < 4.78 is 0. The lowest BCUT2D eigenvalue weighted by Crippen LogP contribution is -2.19. The highest BCUT2D eigenvalue weighted by Gasteiger charge is 2.13. The summed E-state index contributed by atoms with van der Waals surface area (Å²) in [6.07, 6.45) is 0. The van der Waals surface area contributed by atoms with Crippen LogP contribution in [0.4, 0.5) is 5.82 Å². The van der Waals surface area contributed by atoms with Crippen LogP contribution in [0.25, 0.3) is 10.9 Å². The van der Waals surface area contributed by atoms with Gasteiger partial charge in [-0.2, -0.15) is 0 Å². The van der Waals surface area contributed by atoms with Gasteiger partial charge in [-0.3, -0.25) is 0 Å². The number of aliphatic hydroxyl groups excluding tert-OH is 1. The van der Waals surface area contributed by atoms with E-state index < -0.39 is 0 Å². The van der Waals surface area contributed by atoms with Gasteiger partial charge in [-0.1, -0.05) is 18.2 Å². The van der Waals surface area contributed by atoms with Gasteiger partial charge in [0.25, 0.3) is 0 Å². The molecule has 108 valence electrons. The maximum absolute atomic E-state index is 9.63. The highest BCUT2D eigenvalue weighted by Crippen LogP contribution is 2.25. The SMILES string of the molecule is Cc1ncsc1CN(C)c1nc2ccccc2cc1CO. The van der Waals surface area contributed by atoms with Crippen molar-refractivity contribution in [3.8, 4) is 0 Å². The first-order chi connectivity index (χ1) is 10.2. The van der Waals surface area contributed by atoms with Crippen molar-refractivity contribution in [3.05, 3.63) is 52.0 Å². The van der Waals surface area contributed by atoms with Gasteiger partial charge in [-0.05, 0) is 19.1 Å².